The third kappa shape index (κ3) is 5.53. The van der Waals surface area contributed by atoms with E-state index in [-0.39, 0.29) is 11.7 Å². The first kappa shape index (κ1) is 22.2. The highest BCUT2D eigenvalue weighted by atomic mass is 35.5. The molecule has 1 unspecified atom stereocenters. The van der Waals surface area contributed by atoms with Gasteiger partial charge in [-0.1, -0.05) is 25.4 Å². The third-order valence-corrected chi connectivity index (χ3v) is 4.92. The fourth-order valence-electron chi connectivity index (χ4n) is 3.13. The average molecular weight is 429 g/mol. The highest BCUT2D eigenvalue weighted by Gasteiger charge is 2.14. The smallest absolute Gasteiger partial charge is 0.132 e. The van der Waals surface area contributed by atoms with Gasteiger partial charge in [0.15, 0.2) is 0 Å². The van der Waals surface area contributed by atoms with Crippen LogP contribution in [-0.2, 0) is 6.54 Å². The van der Waals surface area contributed by atoms with Crippen molar-refractivity contribution >= 4 is 23.0 Å². The van der Waals surface area contributed by atoms with Crippen LogP contribution in [0.25, 0.3) is 11.3 Å². The average Bonchev–Trinajstić information content (AvgIpc) is 2.70. The number of benzene rings is 1. The SMILES string of the molecule is CC(O)CNCc1cnccc1Nc1cc(-c2cc(Cl)ccc2F)ncc1C(C)C. The Hall–Kier alpha value is -2.54. The van der Waals surface area contributed by atoms with Gasteiger partial charge in [-0.3, -0.25) is 9.97 Å². The highest BCUT2D eigenvalue weighted by molar-refractivity contribution is 6.30. The number of pyridine rings is 2. The van der Waals surface area contributed by atoms with Crippen LogP contribution in [0.15, 0.2) is 48.9 Å². The molecule has 158 valence electrons. The molecule has 3 aromatic rings. The number of anilines is 2. The van der Waals surface area contributed by atoms with E-state index >= 15 is 0 Å². The fraction of sp³-hybridized carbons (Fsp3) is 0.304. The van der Waals surface area contributed by atoms with Crippen molar-refractivity contribution in [1.29, 1.82) is 0 Å². The Kier molecular flexibility index (Phi) is 7.37. The third-order valence-electron chi connectivity index (χ3n) is 4.69. The molecular formula is C23H26ClFN4O. The van der Waals surface area contributed by atoms with Gasteiger partial charge in [0, 0.05) is 59.2 Å². The van der Waals surface area contributed by atoms with Crippen molar-refractivity contribution in [1.82, 2.24) is 15.3 Å². The molecule has 30 heavy (non-hydrogen) atoms. The molecule has 2 heterocycles. The fourth-order valence-corrected chi connectivity index (χ4v) is 3.30. The Balaban J connectivity index is 1.96. The number of nitrogens with zero attached hydrogens (tertiary/aromatic N) is 2. The first-order valence-corrected chi connectivity index (χ1v) is 10.3. The molecule has 0 radical (unpaired) electrons. The number of hydrogen-bond acceptors (Lipinski definition) is 5. The molecule has 3 N–H and O–H groups in total. The zero-order valence-electron chi connectivity index (χ0n) is 17.3. The van der Waals surface area contributed by atoms with Gasteiger partial charge < -0.3 is 15.7 Å². The van der Waals surface area contributed by atoms with Crippen LogP contribution in [0.5, 0.6) is 0 Å². The first-order valence-electron chi connectivity index (χ1n) is 9.89. The lowest BCUT2D eigenvalue weighted by Crippen LogP contribution is -2.24. The summed E-state index contributed by atoms with van der Waals surface area (Å²) in [6.45, 7) is 6.94. The second-order valence-corrected chi connectivity index (χ2v) is 8.01. The van der Waals surface area contributed by atoms with Gasteiger partial charge in [0.2, 0.25) is 0 Å². The summed E-state index contributed by atoms with van der Waals surface area (Å²) in [7, 11) is 0. The number of nitrogens with one attached hydrogen (secondary N) is 2. The summed E-state index contributed by atoms with van der Waals surface area (Å²) in [6, 6.07) is 8.18. The standard InChI is InChI=1S/C23H26ClFN4O/c1-14(2)19-13-28-22(18-8-17(24)4-5-20(18)25)9-23(19)29-21-6-7-26-11-16(21)12-27-10-15(3)30/h4-9,11,13-15,27,30H,10,12H2,1-3H3,(H,26,28,29). The molecular weight excluding hydrogens is 403 g/mol. The molecule has 0 aliphatic heterocycles. The van der Waals surface area contributed by atoms with Crippen LogP contribution >= 0.6 is 11.6 Å². The van der Waals surface area contributed by atoms with Crippen LogP contribution in [-0.4, -0.2) is 27.7 Å². The Morgan fingerprint density at radius 3 is 2.63 bits per heavy atom. The van der Waals surface area contributed by atoms with Crippen LogP contribution in [0.2, 0.25) is 5.02 Å². The summed E-state index contributed by atoms with van der Waals surface area (Å²) in [5.74, 6) is -0.154. The van der Waals surface area contributed by atoms with E-state index in [1.54, 1.807) is 31.6 Å². The van der Waals surface area contributed by atoms with Gasteiger partial charge in [-0.05, 0) is 48.7 Å². The Morgan fingerprint density at radius 2 is 1.90 bits per heavy atom. The minimum absolute atomic E-state index is 0.219. The summed E-state index contributed by atoms with van der Waals surface area (Å²) in [6.07, 6.45) is 4.84. The predicted octanol–water partition coefficient (Wildman–Crippen LogP) is 5.27. The Labute approximate surface area is 181 Å². The lowest BCUT2D eigenvalue weighted by Gasteiger charge is -2.18. The highest BCUT2D eigenvalue weighted by Crippen LogP contribution is 2.33. The number of halogens is 2. The molecule has 7 heteroatoms. The lowest BCUT2D eigenvalue weighted by molar-refractivity contribution is 0.191. The second-order valence-electron chi connectivity index (χ2n) is 7.57. The maximum atomic E-state index is 14.4. The molecule has 0 aliphatic rings. The molecule has 0 saturated heterocycles. The Bertz CT molecular complexity index is 1010. The van der Waals surface area contributed by atoms with Crippen molar-refractivity contribution in [2.45, 2.75) is 39.3 Å². The number of aromatic nitrogens is 2. The molecule has 1 aromatic carbocycles. The van der Waals surface area contributed by atoms with Crippen LogP contribution < -0.4 is 10.6 Å². The number of hydrogen-bond donors (Lipinski definition) is 3. The molecule has 0 amide bonds. The van der Waals surface area contributed by atoms with Crippen LogP contribution in [0.4, 0.5) is 15.8 Å². The maximum Gasteiger partial charge on any atom is 0.132 e. The van der Waals surface area contributed by atoms with Crippen molar-refractivity contribution in [3.8, 4) is 11.3 Å². The zero-order valence-corrected chi connectivity index (χ0v) is 18.0. The molecule has 2 aromatic heterocycles. The van der Waals surface area contributed by atoms with Crippen LogP contribution in [0, 0.1) is 5.82 Å². The Morgan fingerprint density at radius 1 is 1.10 bits per heavy atom. The second kappa shape index (κ2) is 9.98. The van der Waals surface area contributed by atoms with E-state index in [2.05, 4.69) is 34.4 Å². The van der Waals surface area contributed by atoms with E-state index in [1.807, 2.05) is 12.1 Å². The number of rotatable bonds is 8. The molecule has 0 saturated carbocycles. The van der Waals surface area contributed by atoms with E-state index < -0.39 is 6.10 Å². The minimum Gasteiger partial charge on any atom is -0.392 e. The van der Waals surface area contributed by atoms with Gasteiger partial charge in [0.1, 0.15) is 5.82 Å². The van der Waals surface area contributed by atoms with Crippen molar-refractivity contribution in [2.24, 2.45) is 0 Å². The quantitative estimate of drug-likeness (QED) is 0.455. The summed E-state index contributed by atoms with van der Waals surface area (Å²) in [5.41, 5.74) is 4.56. The van der Waals surface area contributed by atoms with Gasteiger partial charge in [-0.25, -0.2) is 4.39 Å². The zero-order chi connectivity index (χ0) is 21.7. The molecule has 0 bridgehead atoms. The topological polar surface area (TPSA) is 70.1 Å². The van der Waals surface area contributed by atoms with E-state index in [1.165, 1.54) is 12.1 Å². The summed E-state index contributed by atoms with van der Waals surface area (Å²) >= 11 is 6.07. The normalized spacial score (nSPS) is 12.2. The maximum absolute atomic E-state index is 14.4. The monoisotopic (exact) mass is 428 g/mol. The van der Waals surface area contributed by atoms with E-state index in [4.69, 9.17) is 11.6 Å². The predicted molar refractivity (Wildman–Crippen MR) is 120 cm³/mol. The van der Waals surface area contributed by atoms with E-state index in [0.717, 1.165) is 22.5 Å². The van der Waals surface area contributed by atoms with Crippen molar-refractivity contribution in [3.05, 3.63) is 70.9 Å². The molecule has 0 fully saturated rings. The van der Waals surface area contributed by atoms with Gasteiger partial charge in [0.05, 0.1) is 11.8 Å². The summed E-state index contributed by atoms with van der Waals surface area (Å²) in [5, 5.41) is 16.6. The van der Waals surface area contributed by atoms with E-state index in [9.17, 15) is 9.50 Å². The summed E-state index contributed by atoms with van der Waals surface area (Å²) < 4.78 is 14.4. The van der Waals surface area contributed by atoms with Crippen LogP contribution in [0.1, 0.15) is 37.8 Å². The molecule has 0 aliphatic carbocycles. The van der Waals surface area contributed by atoms with Gasteiger partial charge >= 0.3 is 0 Å². The summed E-state index contributed by atoms with van der Waals surface area (Å²) in [4.78, 5) is 8.68. The largest absolute Gasteiger partial charge is 0.392 e. The van der Waals surface area contributed by atoms with Crippen molar-refractivity contribution in [3.63, 3.8) is 0 Å². The lowest BCUT2D eigenvalue weighted by atomic mass is 10.0. The van der Waals surface area contributed by atoms with Gasteiger partial charge in [-0.15, -0.1) is 0 Å². The van der Waals surface area contributed by atoms with E-state index in [0.29, 0.717) is 29.4 Å². The van der Waals surface area contributed by atoms with Crippen molar-refractivity contribution in [2.75, 3.05) is 11.9 Å². The number of aliphatic hydroxyl groups is 1. The van der Waals surface area contributed by atoms with Crippen molar-refractivity contribution < 1.29 is 9.50 Å². The molecule has 0 spiro atoms. The van der Waals surface area contributed by atoms with Gasteiger partial charge in [0.25, 0.3) is 0 Å². The molecule has 3 rings (SSSR count). The minimum atomic E-state index is -0.430. The molecule has 5 nitrogen and oxygen atoms in total. The molecule has 1 atom stereocenters. The van der Waals surface area contributed by atoms with Gasteiger partial charge in [-0.2, -0.15) is 0 Å². The first-order chi connectivity index (χ1) is 14.3. The number of aliphatic hydroxyl groups excluding tert-OH is 1. The van der Waals surface area contributed by atoms with Crippen LogP contribution in [0.3, 0.4) is 0 Å².